The van der Waals surface area contributed by atoms with Gasteiger partial charge in [-0.05, 0) is 24.3 Å². The van der Waals surface area contributed by atoms with E-state index in [-0.39, 0.29) is 11.2 Å². The lowest BCUT2D eigenvalue weighted by Crippen LogP contribution is -1.94. The van der Waals surface area contributed by atoms with Crippen LogP contribution in [0.3, 0.4) is 0 Å². The number of carbonyl (C=O) groups is 1. The van der Waals surface area contributed by atoms with Gasteiger partial charge in [0.05, 0.1) is 5.52 Å². The van der Waals surface area contributed by atoms with Crippen molar-refractivity contribution in [2.75, 3.05) is 0 Å². The fourth-order valence-electron chi connectivity index (χ4n) is 1.87. The highest BCUT2D eigenvalue weighted by atomic mass is 35.5. The third-order valence-electron chi connectivity index (χ3n) is 2.64. The molecule has 0 atom stereocenters. The van der Waals surface area contributed by atoms with Crippen molar-refractivity contribution in [1.82, 2.24) is 9.38 Å². The van der Waals surface area contributed by atoms with Crippen LogP contribution in [0.25, 0.3) is 16.6 Å². The van der Waals surface area contributed by atoms with E-state index in [1.165, 1.54) is 6.20 Å². The van der Waals surface area contributed by atoms with Gasteiger partial charge in [0.25, 0.3) is 0 Å². The molecule has 0 spiro atoms. The molecule has 0 bridgehead atoms. The maximum absolute atomic E-state index is 10.9. The average Bonchev–Trinajstić information content (AvgIpc) is 2.73. The minimum atomic E-state index is -1.04. The summed E-state index contributed by atoms with van der Waals surface area (Å²) in [4.78, 5) is 14.9. The number of carboxylic acids is 1. The van der Waals surface area contributed by atoms with Gasteiger partial charge in [0.1, 0.15) is 5.65 Å². The highest BCUT2D eigenvalue weighted by Gasteiger charge is 2.10. The van der Waals surface area contributed by atoms with Gasteiger partial charge < -0.3 is 10.6 Å². The van der Waals surface area contributed by atoms with Crippen LogP contribution >= 0.6 is 11.6 Å². The number of imidazole rings is 1. The maximum atomic E-state index is 10.9. The van der Waals surface area contributed by atoms with Crippen molar-refractivity contribution in [1.29, 1.82) is 0 Å². The van der Waals surface area contributed by atoms with Crippen molar-refractivity contribution in [3.63, 3.8) is 0 Å². The molecule has 0 saturated carbocycles. The third kappa shape index (κ3) is 1.70. The van der Waals surface area contributed by atoms with Crippen molar-refractivity contribution in [3.8, 4) is 0 Å². The van der Waals surface area contributed by atoms with E-state index in [1.807, 2.05) is 18.2 Å². The fourth-order valence-corrected chi connectivity index (χ4v) is 2.10. The Balaban J connectivity index is 0.00000120. The predicted octanol–water partition coefficient (Wildman–Crippen LogP) is 2.01. The molecule has 5 nitrogen and oxygen atoms in total. The van der Waals surface area contributed by atoms with E-state index in [0.29, 0.717) is 10.7 Å². The molecule has 3 N–H and O–H groups in total. The lowest BCUT2D eigenvalue weighted by atomic mass is 10.2. The number of nitrogens with zero attached hydrogens (tertiary/aromatic N) is 2. The number of benzene rings is 1. The molecular formula is C12H9ClN2O3. The zero-order chi connectivity index (χ0) is 12.0. The van der Waals surface area contributed by atoms with Crippen LogP contribution in [0, 0.1) is 0 Å². The Morgan fingerprint density at radius 2 is 2.06 bits per heavy atom. The summed E-state index contributed by atoms with van der Waals surface area (Å²) in [7, 11) is 0. The molecule has 2 aromatic heterocycles. The molecule has 0 saturated heterocycles. The molecule has 0 unspecified atom stereocenters. The summed E-state index contributed by atoms with van der Waals surface area (Å²) in [5.74, 6) is -1.04. The van der Waals surface area contributed by atoms with E-state index in [0.717, 1.165) is 10.9 Å². The molecule has 3 aromatic rings. The SMILES string of the molecule is O.O=C(O)c1cn2c(ccc3c(Cl)cccc32)n1. The molecule has 1 aromatic carbocycles. The van der Waals surface area contributed by atoms with Gasteiger partial charge in [-0.3, -0.25) is 4.40 Å². The Bertz CT molecular complexity index is 751. The first-order valence-electron chi connectivity index (χ1n) is 4.96. The number of hydrogen-bond donors (Lipinski definition) is 1. The first-order chi connectivity index (χ1) is 8.16. The van der Waals surface area contributed by atoms with Gasteiger partial charge in [0.15, 0.2) is 5.69 Å². The summed E-state index contributed by atoms with van der Waals surface area (Å²) in [5.41, 5.74) is 1.46. The first kappa shape index (κ1) is 12.3. The van der Waals surface area contributed by atoms with Gasteiger partial charge in [0, 0.05) is 16.6 Å². The van der Waals surface area contributed by atoms with Gasteiger partial charge in [-0.15, -0.1) is 0 Å². The summed E-state index contributed by atoms with van der Waals surface area (Å²) < 4.78 is 1.73. The van der Waals surface area contributed by atoms with E-state index in [9.17, 15) is 4.79 Å². The smallest absolute Gasteiger partial charge is 0.356 e. The Morgan fingerprint density at radius 3 is 2.78 bits per heavy atom. The van der Waals surface area contributed by atoms with Crippen molar-refractivity contribution in [3.05, 3.63) is 47.2 Å². The Morgan fingerprint density at radius 1 is 1.28 bits per heavy atom. The van der Waals surface area contributed by atoms with E-state index >= 15 is 0 Å². The quantitative estimate of drug-likeness (QED) is 0.729. The predicted molar refractivity (Wildman–Crippen MR) is 68.3 cm³/mol. The lowest BCUT2D eigenvalue weighted by molar-refractivity contribution is 0.0691. The number of aromatic carboxylic acids is 1. The standard InChI is InChI=1S/C12H7ClN2O2.H2O/c13-8-2-1-3-10-7(8)4-5-11-14-9(12(16)17)6-15(10)11;/h1-6H,(H,16,17);1H2. The van der Waals surface area contributed by atoms with E-state index in [2.05, 4.69) is 4.98 Å². The molecule has 2 heterocycles. The first-order valence-corrected chi connectivity index (χ1v) is 5.34. The van der Waals surface area contributed by atoms with Crippen molar-refractivity contribution in [2.24, 2.45) is 0 Å². The molecule has 92 valence electrons. The highest BCUT2D eigenvalue weighted by Crippen LogP contribution is 2.24. The highest BCUT2D eigenvalue weighted by molar-refractivity contribution is 6.35. The van der Waals surface area contributed by atoms with Crippen molar-refractivity contribution >= 4 is 34.1 Å². The minimum Gasteiger partial charge on any atom is -0.476 e. The number of fused-ring (bicyclic) bond motifs is 3. The molecule has 6 heteroatoms. The van der Waals surface area contributed by atoms with Crippen LogP contribution in [0.4, 0.5) is 0 Å². The maximum Gasteiger partial charge on any atom is 0.356 e. The zero-order valence-corrected chi connectivity index (χ0v) is 9.85. The monoisotopic (exact) mass is 264 g/mol. The van der Waals surface area contributed by atoms with Crippen molar-refractivity contribution < 1.29 is 15.4 Å². The third-order valence-corrected chi connectivity index (χ3v) is 2.97. The number of pyridine rings is 1. The normalized spacial score (nSPS) is 10.5. The van der Waals surface area contributed by atoms with E-state index < -0.39 is 5.97 Å². The van der Waals surface area contributed by atoms with Crippen LogP contribution in [-0.4, -0.2) is 25.9 Å². The summed E-state index contributed by atoms with van der Waals surface area (Å²) in [6.45, 7) is 0. The van der Waals surface area contributed by atoms with Gasteiger partial charge in [-0.2, -0.15) is 0 Å². The number of rotatable bonds is 1. The molecule has 0 aliphatic rings. The zero-order valence-electron chi connectivity index (χ0n) is 9.09. The molecule has 0 aliphatic heterocycles. The number of carboxylic acid groups (broad SMARTS) is 1. The number of hydrogen-bond acceptors (Lipinski definition) is 2. The number of aromatic nitrogens is 2. The summed E-state index contributed by atoms with van der Waals surface area (Å²) in [6.07, 6.45) is 1.50. The second kappa shape index (κ2) is 4.29. The van der Waals surface area contributed by atoms with Crippen LogP contribution in [0.2, 0.25) is 5.02 Å². The summed E-state index contributed by atoms with van der Waals surface area (Å²) in [5, 5.41) is 10.4. The fraction of sp³-hybridized carbons (Fsp3) is 0. The Kier molecular flexibility index (Phi) is 2.94. The van der Waals surface area contributed by atoms with Crippen LogP contribution in [0.5, 0.6) is 0 Å². The minimum absolute atomic E-state index is 0. The largest absolute Gasteiger partial charge is 0.476 e. The Hall–Kier alpha value is -2.11. The molecule has 0 aliphatic carbocycles. The molecule has 0 fully saturated rings. The van der Waals surface area contributed by atoms with Crippen LogP contribution in [0.1, 0.15) is 10.5 Å². The van der Waals surface area contributed by atoms with Crippen molar-refractivity contribution in [2.45, 2.75) is 0 Å². The lowest BCUT2D eigenvalue weighted by Gasteiger charge is -2.02. The van der Waals surface area contributed by atoms with Crippen LogP contribution in [-0.2, 0) is 0 Å². The summed E-state index contributed by atoms with van der Waals surface area (Å²) >= 11 is 6.08. The topological polar surface area (TPSA) is 86.1 Å². The van der Waals surface area contributed by atoms with Crippen LogP contribution < -0.4 is 0 Å². The molecule has 18 heavy (non-hydrogen) atoms. The van der Waals surface area contributed by atoms with Gasteiger partial charge in [0.2, 0.25) is 0 Å². The molecule has 0 radical (unpaired) electrons. The van der Waals surface area contributed by atoms with Gasteiger partial charge in [-0.1, -0.05) is 17.7 Å². The Labute approximate surface area is 107 Å². The second-order valence-electron chi connectivity index (χ2n) is 3.67. The molecule has 3 rings (SSSR count). The van der Waals surface area contributed by atoms with E-state index in [4.69, 9.17) is 16.7 Å². The van der Waals surface area contributed by atoms with Crippen LogP contribution in [0.15, 0.2) is 36.5 Å². The van der Waals surface area contributed by atoms with Gasteiger partial charge >= 0.3 is 5.97 Å². The second-order valence-corrected chi connectivity index (χ2v) is 4.07. The van der Waals surface area contributed by atoms with Gasteiger partial charge in [-0.25, -0.2) is 9.78 Å². The summed E-state index contributed by atoms with van der Waals surface area (Å²) in [6, 6.07) is 9.09. The number of halogens is 1. The van der Waals surface area contributed by atoms with E-state index in [1.54, 1.807) is 16.5 Å². The molecular weight excluding hydrogens is 256 g/mol. The molecule has 0 amide bonds. The average molecular weight is 265 g/mol.